The van der Waals surface area contributed by atoms with Crippen LogP contribution in [-0.2, 0) is 13.1 Å². The van der Waals surface area contributed by atoms with E-state index in [2.05, 4.69) is 36.6 Å². The molecule has 0 spiro atoms. The van der Waals surface area contributed by atoms with E-state index in [1.807, 2.05) is 49.4 Å². The van der Waals surface area contributed by atoms with Gasteiger partial charge in [0.25, 0.3) is 5.91 Å². The van der Waals surface area contributed by atoms with Crippen molar-refractivity contribution in [2.45, 2.75) is 26.4 Å². The van der Waals surface area contributed by atoms with E-state index >= 15 is 0 Å². The molecule has 3 N–H and O–H groups in total. The number of amides is 1. The minimum Gasteiger partial charge on any atom is -0.459 e. The number of nitrogens with zero attached hydrogens (tertiary/aromatic N) is 3. The number of furan rings is 1. The van der Waals surface area contributed by atoms with Gasteiger partial charge in [0, 0.05) is 32.4 Å². The number of anilines is 1. The highest BCUT2D eigenvalue weighted by atomic mass is 16.3. The van der Waals surface area contributed by atoms with E-state index < -0.39 is 0 Å². The fraction of sp³-hybridized carbons (Fsp3) is 0.240. The van der Waals surface area contributed by atoms with Crippen molar-refractivity contribution in [2.24, 2.45) is 4.99 Å². The summed E-state index contributed by atoms with van der Waals surface area (Å²) in [5, 5.41) is 9.49. The summed E-state index contributed by atoms with van der Waals surface area (Å²) >= 11 is 0. The summed E-state index contributed by atoms with van der Waals surface area (Å²) in [7, 11) is 1.76. The molecule has 0 aliphatic carbocycles. The quantitative estimate of drug-likeness (QED) is 0.217. The predicted molar refractivity (Wildman–Crippen MR) is 130 cm³/mol. The van der Waals surface area contributed by atoms with Gasteiger partial charge in [-0.15, -0.1) is 0 Å². The highest BCUT2D eigenvalue weighted by Gasteiger charge is 2.09. The number of aromatic nitrogens is 2. The number of fused-ring (bicyclic) bond motifs is 1. The van der Waals surface area contributed by atoms with Crippen LogP contribution in [0.25, 0.3) is 11.0 Å². The summed E-state index contributed by atoms with van der Waals surface area (Å²) in [5.41, 5.74) is 3.99. The van der Waals surface area contributed by atoms with Crippen molar-refractivity contribution >= 4 is 28.6 Å². The zero-order chi connectivity index (χ0) is 23.0. The Kier molecular flexibility index (Phi) is 7.04. The highest BCUT2D eigenvalue weighted by Crippen LogP contribution is 2.15. The number of nitrogens with one attached hydrogen (secondary N) is 3. The van der Waals surface area contributed by atoms with Gasteiger partial charge in [-0.25, -0.2) is 4.98 Å². The van der Waals surface area contributed by atoms with Crippen molar-refractivity contribution in [1.29, 1.82) is 0 Å². The van der Waals surface area contributed by atoms with Crippen molar-refractivity contribution in [3.63, 3.8) is 0 Å². The molecule has 0 saturated heterocycles. The predicted octanol–water partition coefficient (Wildman–Crippen LogP) is 3.95. The van der Waals surface area contributed by atoms with Crippen molar-refractivity contribution in [3.8, 4) is 0 Å². The molecule has 0 fully saturated rings. The van der Waals surface area contributed by atoms with Crippen molar-refractivity contribution in [3.05, 3.63) is 84.1 Å². The van der Waals surface area contributed by atoms with E-state index in [1.54, 1.807) is 19.2 Å². The SMILES string of the molecule is CN=C(NCCCn1c(C)nc2ccccc21)NCc1ccc(NC(=O)c2ccco2)cc1. The number of hydrogen-bond acceptors (Lipinski definition) is 4. The first-order chi connectivity index (χ1) is 16.1. The van der Waals surface area contributed by atoms with Gasteiger partial charge in [0.1, 0.15) is 5.82 Å². The van der Waals surface area contributed by atoms with Gasteiger partial charge in [-0.3, -0.25) is 9.79 Å². The normalized spacial score (nSPS) is 11.5. The molecule has 0 bridgehead atoms. The number of aryl methyl sites for hydroxylation is 2. The second-order valence-electron chi connectivity index (χ2n) is 7.63. The Balaban J connectivity index is 1.21. The minimum atomic E-state index is -0.269. The summed E-state index contributed by atoms with van der Waals surface area (Å²) in [6.45, 7) is 4.35. The molecule has 0 aliphatic rings. The fourth-order valence-corrected chi connectivity index (χ4v) is 3.63. The number of carbonyl (C=O) groups excluding carboxylic acids is 1. The summed E-state index contributed by atoms with van der Waals surface area (Å²) in [4.78, 5) is 21.0. The Bertz CT molecular complexity index is 1230. The van der Waals surface area contributed by atoms with Crippen LogP contribution in [0.3, 0.4) is 0 Å². The molecule has 1 amide bonds. The lowest BCUT2D eigenvalue weighted by atomic mass is 10.2. The van der Waals surface area contributed by atoms with Crippen LogP contribution in [0.1, 0.15) is 28.4 Å². The molecule has 0 saturated carbocycles. The summed E-state index contributed by atoms with van der Waals surface area (Å²) < 4.78 is 7.36. The van der Waals surface area contributed by atoms with Crippen molar-refractivity contribution < 1.29 is 9.21 Å². The van der Waals surface area contributed by atoms with Gasteiger partial charge >= 0.3 is 0 Å². The molecule has 4 aromatic rings. The maximum Gasteiger partial charge on any atom is 0.291 e. The fourth-order valence-electron chi connectivity index (χ4n) is 3.63. The van der Waals surface area contributed by atoms with Crippen LogP contribution < -0.4 is 16.0 Å². The first kappa shape index (κ1) is 22.1. The third-order valence-corrected chi connectivity index (χ3v) is 5.34. The Hall–Kier alpha value is -4.07. The average molecular weight is 445 g/mol. The summed E-state index contributed by atoms with van der Waals surface area (Å²) in [6, 6.07) is 19.2. The molecule has 8 nitrogen and oxygen atoms in total. The lowest BCUT2D eigenvalue weighted by Gasteiger charge is -2.13. The lowest BCUT2D eigenvalue weighted by molar-refractivity contribution is 0.0996. The molecular weight excluding hydrogens is 416 g/mol. The van der Waals surface area contributed by atoms with Crippen LogP contribution in [0.4, 0.5) is 5.69 Å². The van der Waals surface area contributed by atoms with Gasteiger partial charge in [0.05, 0.1) is 17.3 Å². The molecule has 0 aliphatic heterocycles. The first-order valence-corrected chi connectivity index (χ1v) is 10.9. The van der Waals surface area contributed by atoms with E-state index in [0.29, 0.717) is 12.2 Å². The van der Waals surface area contributed by atoms with Crippen LogP contribution in [0.5, 0.6) is 0 Å². The Labute approximate surface area is 192 Å². The highest BCUT2D eigenvalue weighted by molar-refractivity contribution is 6.02. The topological polar surface area (TPSA) is 96.5 Å². The summed E-state index contributed by atoms with van der Waals surface area (Å²) in [5.74, 6) is 1.79. The van der Waals surface area contributed by atoms with Gasteiger partial charge in [-0.1, -0.05) is 24.3 Å². The molecule has 0 atom stereocenters. The second kappa shape index (κ2) is 10.5. The van der Waals surface area contributed by atoms with E-state index in [4.69, 9.17) is 4.42 Å². The van der Waals surface area contributed by atoms with E-state index in [0.717, 1.165) is 42.4 Å². The molecule has 2 aromatic heterocycles. The van der Waals surface area contributed by atoms with Crippen LogP contribution in [-0.4, -0.2) is 35.0 Å². The number of aliphatic imine (C=N–C) groups is 1. The van der Waals surface area contributed by atoms with Gasteiger partial charge in [-0.2, -0.15) is 0 Å². The minimum absolute atomic E-state index is 0.269. The molecule has 2 heterocycles. The number of carbonyl (C=O) groups is 1. The third kappa shape index (κ3) is 5.60. The standard InChI is InChI=1S/C25H28N6O2/c1-18-29-21-7-3-4-8-22(21)31(18)15-6-14-27-25(26-2)28-17-19-10-12-20(13-11-19)30-24(32)23-9-5-16-33-23/h3-5,7-13,16H,6,14-15,17H2,1-2H3,(H,30,32)(H2,26,27,28). The number of benzene rings is 2. The lowest BCUT2D eigenvalue weighted by Crippen LogP contribution is -2.37. The number of guanidine groups is 1. The number of hydrogen-bond donors (Lipinski definition) is 3. The molecule has 0 radical (unpaired) electrons. The van der Waals surface area contributed by atoms with Crippen LogP contribution >= 0.6 is 0 Å². The van der Waals surface area contributed by atoms with Crippen LogP contribution in [0.2, 0.25) is 0 Å². The second-order valence-corrected chi connectivity index (χ2v) is 7.63. The monoisotopic (exact) mass is 444 g/mol. The maximum atomic E-state index is 12.1. The van der Waals surface area contributed by atoms with E-state index in [1.165, 1.54) is 11.8 Å². The smallest absolute Gasteiger partial charge is 0.291 e. The van der Waals surface area contributed by atoms with Crippen LogP contribution in [0.15, 0.2) is 76.3 Å². The van der Waals surface area contributed by atoms with Gasteiger partial charge in [0.15, 0.2) is 11.7 Å². The van der Waals surface area contributed by atoms with Crippen molar-refractivity contribution in [2.75, 3.05) is 18.9 Å². The number of rotatable bonds is 8. The molecule has 8 heteroatoms. The molecule has 2 aromatic carbocycles. The Morgan fingerprint density at radius 2 is 1.88 bits per heavy atom. The molecule has 0 unspecified atom stereocenters. The molecule has 4 rings (SSSR count). The first-order valence-electron chi connectivity index (χ1n) is 10.9. The summed E-state index contributed by atoms with van der Waals surface area (Å²) in [6.07, 6.45) is 2.43. The maximum absolute atomic E-state index is 12.1. The Morgan fingerprint density at radius 3 is 2.64 bits per heavy atom. The molecule has 33 heavy (non-hydrogen) atoms. The Morgan fingerprint density at radius 1 is 1.06 bits per heavy atom. The average Bonchev–Trinajstić information content (AvgIpc) is 3.48. The largest absolute Gasteiger partial charge is 0.459 e. The third-order valence-electron chi connectivity index (χ3n) is 5.34. The number of para-hydroxylation sites is 2. The zero-order valence-electron chi connectivity index (χ0n) is 18.8. The van der Waals surface area contributed by atoms with E-state index in [-0.39, 0.29) is 11.7 Å². The van der Waals surface area contributed by atoms with Gasteiger partial charge in [-0.05, 0) is 55.3 Å². The van der Waals surface area contributed by atoms with Crippen molar-refractivity contribution in [1.82, 2.24) is 20.2 Å². The molecule has 170 valence electrons. The van der Waals surface area contributed by atoms with E-state index in [9.17, 15) is 4.79 Å². The molecular formula is C25H28N6O2. The van der Waals surface area contributed by atoms with Crippen LogP contribution in [0, 0.1) is 6.92 Å². The van der Waals surface area contributed by atoms with Gasteiger partial charge in [0.2, 0.25) is 0 Å². The zero-order valence-corrected chi connectivity index (χ0v) is 18.8. The number of imidazole rings is 1. The van der Waals surface area contributed by atoms with Gasteiger partial charge < -0.3 is 24.9 Å².